The maximum atomic E-state index is 12.8. The number of rotatable bonds is 6. The van der Waals surface area contributed by atoms with E-state index < -0.39 is 0 Å². The minimum atomic E-state index is -0.0974. The highest BCUT2D eigenvalue weighted by molar-refractivity contribution is 5.94. The molecule has 3 rings (SSSR count). The number of hydrogen-bond donors (Lipinski definition) is 1. The molecule has 1 aromatic heterocycles. The van der Waals surface area contributed by atoms with E-state index in [0.717, 1.165) is 25.1 Å². The van der Waals surface area contributed by atoms with Crippen molar-refractivity contribution in [3.05, 3.63) is 47.3 Å². The van der Waals surface area contributed by atoms with E-state index in [2.05, 4.69) is 10.4 Å². The van der Waals surface area contributed by atoms with Gasteiger partial charge in [-0.1, -0.05) is 0 Å². The first-order chi connectivity index (χ1) is 13.3. The van der Waals surface area contributed by atoms with Crippen molar-refractivity contribution in [1.29, 1.82) is 0 Å². The summed E-state index contributed by atoms with van der Waals surface area (Å²) in [5.74, 6) is 0.546. The largest absolute Gasteiger partial charge is 0.491 e. The van der Waals surface area contributed by atoms with Crippen LogP contribution in [-0.2, 0) is 7.05 Å². The van der Waals surface area contributed by atoms with Gasteiger partial charge in [0.2, 0.25) is 0 Å². The van der Waals surface area contributed by atoms with Crippen LogP contribution in [0.15, 0.2) is 30.3 Å². The average molecular weight is 384 g/mol. The van der Waals surface area contributed by atoms with Gasteiger partial charge in [-0.3, -0.25) is 14.3 Å². The van der Waals surface area contributed by atoms with Gasteiger partial charge in [-0.2, -0.15) is 5.10 Å². The minimum Gasteiger partial charge on any atom is -0.491 e. The summed E-state index contributed by atoms with van der Waals surface area (Å²) in [7, 11) is 1.84. The second-order valence-electron chi connectivity index (χ2n) is 7.55. The maximum absolute atomic E-state index is 12.8. The molecule has 0 bridgehead atoms. The predicted molar refractivity (Wildman–Crippen MR) is 107 cm³/mol. The van der Waals surface area contributed by atoms with Gasteiger partial charge in [0.05, 0.1) is 6.04 Å². The molecule has 1 aromatic carbocycles. The molecule has 2 amide bonds. The Morgan fingerprint density at radius 3 is 2.61 bits per heavy atom. The first-order valence-electron chi connectivity index (χ1n) is 9.70. The van der Waals surface area contributed by atoms with E-state index in [1.807, 2.05) is 38.8 Å². The van der Waals surface area contributed by atoms with E-state index in [4.69, 9.17) is 4.74 Å². The Balaban J connectivity index is 1.59. The van der Waals surface area contributed by atoms with Gasteiger partial charge in [0, 0.05) is 30.9 Å². The zero-order chi connectivity index (χ0) is 20.3. The standard InChI is InChI=1S/C21H28N4O3/c1-14(2)22-20(26)16-7-9-18(10-8-16)28-13-17-6-5-11-25(17)21(27)19-12-15(3)24(4)23-19/h7-10,12,14,17H,5-6,11,13H2,1-4H3,(H,22,26). The van der Waals surface area contributed by atoms with Gasteiger partial charge in [-0.25, -0.2) is 0 Å². The number of nitrogens with zero attached hydrogens (tertiary/aromatic N) is 3. The van der Waals surface area contributed by atoms with Crippen LogP contribution in [0.2, 0.25) is 0 Å². The van der Waals surface area contributed by atoms with Gasteiger partial charge in [-0.05, 0) is 63.9 Å². The fourth-order valence-corrected chi connectivity index (χ4v) is 3.33. The number of hydrogen-bond acceptors (Lipinski definition) is 4. The van der Waals surface area contributed by atoms with Crippen LogP contribution in [0.1, 0.15) is 53.2 Å². The Bertz CT molecular complexity index is 822. The van der Waals surface area contributed by atoms with Crippen LogP contribution in [-0.4, -0.2) is 51.7 Å². The molecule has 0 aliphatic carbocycles. The Labute approximate surface area is 165 Å². The van der Waals surface area contributed by atoms with Crippen LogP contribution in [0.5, 0.6) is 5.75 Å². The minimum absolute atomic E-state index is 0.0266. The Morgan fingerprint density at radius 2 is 2.00 bits per heavy atom. The molecule has 1 aliphatic rings. The summed E-state index contributed by atoms with van der Waals surface area (Å²) in [6, 6.07) is 9.02. The number of nitrogens with one attached hydrogen (secondary N) is 1. The van der Waals surface area contributed by atoms with Crippen molar-refractivity contribution in [3.63, 3.8) is 0 Å². The van der Waals surface area contributed by atoms with Gasteiger partial charge in [-0.15, -0.1) is 0 Å². The number of benzene rings is 1. The van der Waals surface area contributed by atoms with Crippen molar-refractivity contribution in [2.24, 2.45) is 7.05 Å². The highest BCUT2D eigenvalue weighted by Gasteiger charge is 2.31. The SMILES string of the molecule is Cc1cc(C(=O)N2CCCC2COc2ccc(C(=O)NC(C)C)cc2)nn1C. The van der Waals surface area contributed by atoms with Gasteiger partial charge in [0.1, 0.15) is 12.4 Å². The third kappa shape index (κ3) is 4.52. The van der Waals surface area contributed by atoms with Crippen LogP contribution in [0, 0.1) is 6.92 Å². The fourth-order valence-electron chi connectivity index (χ4n) is 3.33. The molecule has 1 unspecified atom stereocenters. The number of carbonyl (C=O) groups is 2. The van der Waals surface area contributed by atoms with Gasteiger partial charge < -0.3 is 15.0 Å². The molecule has 1 atom stereocenters. The maximum Gasteiger partial charge on any atom is 0.274 e. The number of carbonyl (C=O) groups excluding carboxylic acids is 2. The van der Waals surface area contributed by atoms with Crippen LogP contribution in [0.4, 0.5) is 0 Å². The third-order valence-electron chi connectivity index (χ3n) is 4.95. The number of ether oxygens (including phenoxy) is 1. The first-order valence-corrected chi connectivity index (χ1v) is 9.70. The Morgan fingerprint density at radius 1 is 1.29 bits per heavy atom. The smallest absolute Gasteiger partial charge is 0.274 e. The molecule has 1 N–H and O–H groups in total. The number of aryl methyl sites for hydroxylation is 2. The molecule has 1 aliphatic heterocycles. The van der Waals surface area contributed by atoms with E-state index in [1.165, 1.54) is 0 Å². The molecule has 0 saturated carbocycles. The normalized spacial score (nSPS) is 16.5. The zero-order valence-corrected chi connectivity index (χ0v) is 16.9. The van der Waals surface area contributed by atoms with Crippen molar-refractivity contribution < 1.29 is 14.3 Å². The van der Waals surface area contributed by atoms with Crippen molar-refractivity contribution in [2.45, 2.75) is 45.7 Å². The lowest BCUT2D eigenvalue weighted by Crippen LogP contribution is -2.39. The van der Waals surface area contributed by atoms with Crippen LogP contribution in [0.3, 0.4) is 0 Å². The Hall–Kier alpha value is -2.83. The van der Waals surface area contributed by atoms with E-state index in [-0.39, 0.29) is 23.9 Å². The second kappa shape index (κ2) is 8.46. The molecular weight excluding hydrogens is 356 g/mol. The lowest BCUT2D eigenvalue weighted by Gasteiger charge is -2.24. The predicted octanol–water partition coefficient (Wildman–Crippen LogP) is 2.55. The molecule has 2 aromatic rings. The molecule has 0 spiro atoms. The molecule has 1 saturated heterocycles. The summed E-state index contributed by atoms with van der Waals surface area (Å²) in [5, 5.41) is 7.16. The summed E-state index contributed by atoms with van der Waals surface area (Å²) >= 11 is 0. The van der Waals surface area contributed by atoms with Crippen molar-refractivity contribution >= 4 is 11.8 Å². The van der Waals surface area contributed by atoms with Gasteiger partial charge in [0.25, 0.3) is 11.8 Å². The summed E-state index contributed by atoms with van der Waals surface area (Å²) in [4.78, 5) is 26.7. The number of amides is 2. The van der Waals surface area contributed by atoms with Crippen molar-refractivity contribution in [1.82, 2.24) is 20.0 Å². The lowest BCUT2D eigenvalue weighted by atomic mass is 10.2. The number of aromatic nitrogens is 2. The molecule has 1 fully saturated rings. The van der Waals surface area contributed by atoms with E-state index in [0.29, 0.717) is 23.6 Å². The third-order valence-corrected chi connectivity index (χ3v) is 4.95. The quantitative estimate of drug-likeness (QED) is 0.830. The molecule has 28 heavy (non-hydrogen) atoms. The molecule has 2 heterocycles. The van der Waals surface area contributed by atoms with Crippen LogP contribution in [0.25, 0.3) is 0 Å². The Kier molecular flexibility index (Phi) is 6.02. The monoisotopic (exact) mass is 384 g/mol. The van der Waals surface area contributed by atoms with Gasteiger partial charge >= 0.3 is 0 Å². The van der Waals surface area contributed by atoms with E-state index in [1.54, 1.807) is 28.9 Å². The summed E-state index contributed by atoms with van der Waals surface area (Å²) in [5.41, 5.74) is 2.04. The van der Waals surface area contributed by atoms with Crippen molar-refractivity contribution in [3.8, 4) is 5.75 Å². The zero-order valence-electron chi connectivity index (χ0n) is 16.9. The lowest BCUT2D eigenvalue weighted by molar-refractivity contribution is 0.0684. The number of likely N-dealkylation sites (tertiary alicyclic amines) is 1. The molecule has 0 radical (unpaired) electrons. The van der Waals surface area contributed by atoms with Gasteiger partial charge in [0.15, 0.2) is 5.69 Å². The summed E-state index contributed by atoms with van der Waals surface area (Å²) < 4.78 is 7.61. The fraction of sp³-hybridized carbons (Fsp3) is 0.476. The highest BCUT2D eigenvalue weighted by Crippen LogP contribution is 2.22. The summed E-state index contributed by atoms with van der Waals surface area (Å²) in [6.45, 7) is 6.93. The van der Waals surface area contributed by atoms with E-state index in [9.17, 15) is 9.59 Å². The average Bonchev–Trinajstić information content (AvgIpc) is 3.26. The van der Waals surface area contributed by atoms with Crippen LogP contribution >= 0.6 is 0 Å². The molecule has 7 heteroatoms. The molecule has 7 nitrogen and oxygen atoms in total. The van der Waals surface area contributed by atoms with Crippen molar-refractivity contribution in [2.75, 3.05) is 13.2 Å². The summed E-state index contributed by atoms with van der Waals surface area (Å²) in [6.07, 6.45) is 1.87. The van der Waals surface area contributed by atoms with E-state index >= 15 is 0 Å². The highest BCUT2D eigenvalue weighted by atomic mass is 16.5. The first kappa shape index (κ1) is 19.9. The molecular formula is C21H28N4O3. The second-order valence-corrected chi connectivity index (χ2v) is 7.55. The topological polar surface area (TPSA) is 76.5 Å². The van der Waals surface area contributed by atoms with Crippen LogP contribution < -0.4 is 10.1 Å². The molecule has 150 valence electrons.